The first kappa shape index (κ1) is 14.0. The molecule has 2 N–H and O–H groups in total. The summed E-state index contributed by atoms with van der Waals surface area (Å²) < 4.78 is 9.78. The fourth-order valence-corrected chi connectivity index (χ4v) is 1.22. The summed E-state index contributed by atoms with van der Waals surface area (Å²) in [5.74, 6) is -0.859. The summed E-state index contributed by atoms with van der Waals surface area (Å²) in [5.41, 5.74) is 0.176. The second-order valence-electron chi connectivity index (χ2n) is 3.43. The largest absolute Gasteiger partial charge is 0.492 e. The number of methoxy groups -OCH3 is 1. The Morgan fingerprint density at radius 2 is 2.17 bits per heavy atom. The van der Waals surface area contributed by atoms with Crippen LogP contribution in [0.2, 0.25) is 0 Å². The SMILES string of the molecule is COC(=O)CNCCOc1cccc(C(=O)O)c1. The summed E-state index contributed by atoms with van der Waals surface area (Å²) in [4.78, 5) is 21.5. The summed E-state index contributed by atoms with van der Waals surface area (Å²) in [6.07, 6.45) is 0. The molecule has 0 amide bonds. The van der Waals surface area contributed by atoms with Crippen molar-refractivity contribution in [2.24, 2.45) is 0 Å². The molecule has 0 fully saturated rings. The van der Waals surface area contributed by atoms with Crippen LogP contribution in [0.5, 0.6) is 5.75 Å². The first-order chi connectivity index (χ1) is 8.63. The number of carboxylic acids is 1. The van der Waals surface area contributed by atoms with E-state index in [2.05, 4.69) is 10.1 Å². The summed E-state index contributed by atoms with van der Waals surface area (Å²) in [6, 6.07) is 6.22. The van der Waals surface area contributed by atoms with Crippen molar-refractivity contribution in [3.63, 3.8) is 0 Å². The third-order valence-electron chi connectivity index (χ3n) is 2.13. The molecule has 0 saturated heterocycles. The van der Waals surface area contributed by atoms with Crippen molar-refractivity contribution >= 4 is 11.9 Å². The number of carbonyl (C=O) groups is 2. The quantitative estimate of drug-likeness (QED) is 0.544. The number of nitrogens with one attached hydrogen (secondary N) is 1. The Labute approximate surface area is 105 Å². The number of esters is 1. The summed E-state index contributed by atoms with van der Waals surface area (Å²) in [6.45, 7) is 0.918. The molecule has 98 valence electrons. The van der Waals surface area contributed by atoms with Crippen molar-refractivity contribution in [1.82, 2.24) is 5.32 Å². The highest BCUT2D eigenvalue weighted by molar-refractivity contribution is 5.87. The van der Waals surface area contributed by atoms with E-state index in [-0.39, 0.29) is 18.1 Å². The Bertz CT molecular complexity index is 419. The monoisotopic (exact) mass is 253 g/mol. The van der Waals surface area contributed by atoms with Crippen LogP contribution < -0.4 is 10.1 Å². The van der Waals surface area contributed by atoms with Crippen LogP contribution in [0.3, 0.4) is 0 Å². The van der Waals surface area contributed by atoms with Crippen molar-refractivity contribution in [2.45, 2.75) is 0 Å². The van der Waals surface area contributed by atoms with Crippen LogP contribution in [0.1, 0.15) is 10.4 Å². The molecule has 0 aliphatic rings. The number of hydrogen-bond acceptors (Lipinski definition) is 5. The van der Waals surface area contributed by atoms with Crippen LogP contribution in [0.4, 0.5) is 0 Å². The molecule has 0 radical (unpaired) electrons. The predicted molar refractivity (Wildman–Crippen MR) is 63.8 cm³/mol. The highest BCUT2D eigenvalue weighted by Gasteiger charge is 2.03. The van der Waals surface area contributed by atoms with E-state index in [0.717, 1.165) is 0 Å². The fourth-order valence-electron chi connectivity index (χ4n) is 1.22. The number of carbonyl (C=O) groups excluding carboxylic acids is 1. The maximum absolute atomic E-state index is 10.8. The minimum absolute atomic E-state index is 0.120. The third-order valence-corrected chi connectivity index (χ3v) is 2.13. The molecule has 0 aliphatic heterocycles. The fraction of sp³-hybridized carbons (Fsp3) is 0.333. The van der Waals surface area contributed by atoms with Gasteiger partial charge in [-0.3, -0.25) is 4.79 Å². The lowest BCUT2D eigenvalue weighted by Crippen LogP contribution is -2.27. The van der Waals surface area contributed by atoms with Gasteiger partial charge >= 0.3 is 11.9 Å². The van der Waals surface area contributed by atoms with Gasteiger partial charge < -0.3 is 19.9 Å². The molecular formula is C12H15NO5. The summed E-state index contributed by atoms with van der Waals surface area (Å²) in [7, 11) is 1.32. The van der Waals surface area contributed by atoms with Gasteiger partial charge in [-0.05, 0) is 18.2 Å². The number of ether oxygens (including phenoxy) is 2. The Morgan fingerprint density at radius 3 is 2.83 bits per heavy atom. The first-order valence-corrected chi connectivity index (χ1v) is 5.37. The van der Waals surface area contributed by atoms with Gasteiger partial charge in [0.2, 0.25) is 0 Å². The van der Waals surface area contributed by atoms with E-state index >= 15 is 0 Å². The van der Waals surface area contributed by atoms with Gasteiger partial charge in [0.15, 0.2) is 0 Å². The molecule has 6 heteroatoms. The maximum Gasteiger partial charge on any atom is 0.335 e. The van der Waals surface area contributed by atoms with Crippen molar-refractivity contribution in [3.8, 4) is 5.75 Å². The van der Waals surface area contributed by atoms with Crippen LogP contribution in [0.15, 0.2) is 24.3 Å². The molecule has 0 atom stereocenters. The van der Waals surface area contributed by atoms with Gasteiger partial charge in [0, 0.05) is 6.54 Å². The van der Waals surface area contributed by atoms with Gasteiger partial charge in [0.25, 0.3) is 0 Å². The minimum Gasteiger partial charge on any atom is -0.492 e. The zero-order chi connectivity index (χ0) is 13.4. The Balaban J connectivity index is 2.29. The summed E-state index contributed by atoms with van der Waals surface area (Å²) in [5, 5.41) is 11.6. The second kappa shape index (κ2) is 7.29. The van der Waals surface area contributed by atoms with E-state index in [1.807, 2.05) is 0 Å². The Hall–Kier alpha value is -2.08. The molecule has 1 rings (SSSR count). The highest BCUT2D eigenvalue weighted by Crippen LogP contribution is 2.12. The zero-order valence-electron chi connectivity index (χ0n) is 10.0. The van der Waals surface area contributed by atoms with Crippen LogP contribution in [-0.4, -0.2) is 43.9 Å². The number of benzene rings is 1. The lowest BCUT2D eigenvalue weighted by molar-refractivity contribution is -0.139. The molecule has 0 saturated carbocycles. The molecule has 0 aromatic heterocycles. The van der Waals surface area contributed by atoms with E-state index in [0.29, 0.717) is 18.9 Å². The van der Waals surface area contributed by atoms with Gasteiger partial charge in [0.1, 0.15) is 12.4 Å². The van der Waals surface area contributed by atoms with Gasteiger partial charge in [-0.1, -0.05) is 6.07 Å². The smallest absolute Gasteiger partial charge is 0.335 e. The van der Waals surface area contributed by atoms with Crippen LogP contribution in [0, 0.1) is 0 Å². The molecule has 0 spiro atoms. The number of aromatic carboxylic acids is 1. The minimum atomic E-state index is -0.996. The third kappa shape index (κ3) is 4.84. The molecule has 0 unspecified atom stereocenters. The predicted octanol–water partition coefficient (Wildman–Crippen LogP) is 0.526. The molecule has 1 aromatic rings. The van der Waals surface area contributed by atoms with Crippen LogP contribution >= 0.6 is 0 Å². The summed E-state index contributed by atoms with van der Waals surface area (Å²) >= 11 is 0. The van der Waals surface area contributed by atoms with Gasteiger partial charge in [-0.15, -0.1) is 0 Å². The van der Waals surface area contributed by atoms with E-state index in [1.165, 1.54) is 19.2 Å². The van der Waals surface area contributed by atoms with Crippen LogP contribution in [0.25, 0.3) is 0 Å². The van der Waals surface area contributed by atoms with Gasteiger partial charge in [0.05, 0.1) is 19.2 Å². The molecule has 0 heterocycles. The Morgan fingerprint density at radius 1 is 1.39 bits per heavy atom. The zero-order valence-corrected chi connectivity index (χ0v) is 10.0. The number of carboxylic acid groups (broad SMARTS) is 1. The van der Waals surface area contributed by atoms with Crippen molar-refractivity contribution < 1.29 is 24.2 Å². The van der Waals surface area contributed by atoms with Crippen molar-refractivity contribution in [1.29, 1.82) is 0 Å². The average Bonchev–Trinajstić information content (AvgIpc) is 2.38. The molecule has 6 nitrogen and oxygen atoms in total. The average molecular weight is 253 g/mol. The second-order valence-corrected chi connectivity index (χ2v) is 3.43. The number of rotatable bonds is 7. The topological polar surface area (TPSA) is 84.9 Å². The van der Waals surface area contributed by atoms with E-state index in [4.69, 9.17) is 9.84 Å². The van der Waals surface area contributed by atoms with Crippen LogP contribution in [-0.2, 0) is 9.53 Å². The number of hydrogen-bond donors (Lipinski definition) is 2. The normalized spacial score (nSPS) is 9.83. The van der Waals surface area contributed by atoms with Gasteiger partial charge in [-0.2, -0.15) is 0 Å². The molecule has 1 aromatic carbocycles. The maximum atomic E-state index is 10.8. The van der Waals surface area contributed by atoms with E-state index < -0.39 is 5.97 Å². The van der Waals surface area contributed by atoms with Gasteiger partial charge in [-0.25, -0.2) is 4.79 Å². The first-order valence-electron chi connectivity index (χ1n) is 5.37. The standard InChI is InChI=1S/C12H15NO5/c1-17-11(14)8-13-5-6-18-10-4-2-3-9(7-10)12(15)16/h2-4,7,13H,5-6,8H2,1H3,(H,15,16). The molecule has 0 aliphatic carbocycles. The highest BCUT2D eigenvalue weighted by atomic mass is 16.5. The Kier molecular flexibility index (Phi) is 5.66. The van der Waals surface area contributed by atoms with Crippen molar-refractivity contribution in [2.75, 3.05) is 26.8 Å². The van der Waals surface area contributed by atoms with Crippen molar-refractivity contribution in [3.05, 3.63) is 29.8 Å². The lowest BCUT2D eigenvalue weighted by atomic mass is 10.2. The molecule has 0 bridgehead atoms. The molecular weight excluding hydrogens is 238 g/mol. The molecule has 18 heavy (non-hydrogen) atoms. The van der Waals surface area contributed by atoms with E-state index in [9.17, 15) is 9.59 Å². The van der Waals surface area contributed by atoms with E-state index in [1.54, 1.807) is 12.1 Å². The lowest BCUT2D eigenvalue weighted by Gasteiger charge is -2.07.